The van der Waals surface area contributed by atoms with Crippen LogP contribution in [0.1, 0.15) is 11.3 Å². The second-order valence-corrected chi connectivity index (χ2v) is 5.52. The van der Waals surface area contributed by atoms with E-state index >= 15 is 0 Å². The highest BCUT2D eigenvalue weighted by Crippen LogP contribution is 2.31. The van der Waals surface area contributed by atoms with Crippen LogP contribution >= 0.6 is 11.5 Å². The molecule has 0 spiro atoms. The van der Waals surface area contributed by atoms with Crippen molar-refractivity contribution in [1.29, 1.82) is 5.26 Å². The highest BCUT2D eigenvalue weighted by Gasteiger charge is 2.14. The molecule has 0 atom stereocenters. The number of anilines is 2. The quantitative estimate of drug-likeness (QED) is 0.752. The van der Waals surface area contributed by atoms with Gasteiger partial charge in [0.2, 0.25) is 5.95 Å². The average molecular weight is 308 g/mol. The largest absolute Gasteiger partial charge is 0.382 e. The second kappa shape index (κ2) is 5.42. The van der Waals surface area contributed by atoms with E-state index < -0.39 is 0 Å². The van der Waals surface area contributed by atoms with Crippen LogP contribution in [0.4, 0.5) is 11.8 Å². The van der Waals surface area contributed by atoms with E-state index in [1.165, 1.54) is 11.5 Å². The summed E-state index contributed by atoms with van der Waals surface area (Å²) >= 11 is 1.43. The van der Waals surface area contributed by atoms with Crippen LogP contribution in [0.25, 0.3) is 21.7 Å². The van der Waals surface area contributed by atoms with Gasteiger partial charge < -0.3 is 11.5 Å². The lowest BCUT2D eigenvalue weighted by Gasteiger charge is -2.07. The Morgan fingerprint density at radius 3 is 2.59 bits per heavy atom. The molecule has 1 aromatic carbocycles. The SMILES string of the molecule is Cc1cc(-c2cccc(-c3nc(N)nc(N)c3C#N)c2)sn1. The summed E-state index contributed by atoms with van der Waals surface area (Å²) in [6.45, 7) is 1.95. The molecule has 3 aromatic rings. The van der Waals surface area contributed by atoms with Crippen LogP contribution in [0.3, 0.4) is 0 Å². The van der Waals surface area contributed by atoms with E-state index in [1.807, 2.05) is 43.3 Å². The smallest absolute Gasteiger partial charge is 0.222 e. The van der Waals surface area contributed by atoms with Gasteiger partial charge in [-0.3, -0.25) is 0 Å². The Morgan fingerprint density at radius 2 is 1.91 bits per heavy atom. The number of rotatable bonds is 2. The van der Waals surface area contributed by atoms with Gasteiger partial charge in [-0.25, -0.2) is 4.98 Å². The molecule has 0 fully saturated rings. The third-order valence-electron chi connectivity index (χ3n) is 3.11. The van der Waals surface area contributed by atoms with Crippen molar-refractivity contribution in [2.45, 2.75) is 6.92 Å². The van der Waals surface area contributed by atoms with Crippen LogP contribution in [0.15, 0.2) is 30.3 Å². The summed E-state index contributed by atoms with van der Waals surface area (Å²) in [5, 5.41) is 9.28. The zero-order valence-corrected chi connectivity index (χ0v) is 12.6. The molecule has 108 valence electrons. The fraction of sp³-hybridized carbons (Fsp3) is 0.0667. The minimum absolute atomic E-state index is 0.0468. The van der Waals surface area contributed by atoms with E-state index in [0.717, 1.165) is 21.7 Å². The fourth-order valence-corrected chi connectivity index (χ4v) is 2.89. The molecule has 0 aliphatic rings. The first-order valence-corrected chi connectivity index (χ1v) is 7.23. The second-order valence-electron chi connectivity index (χ2n) is 4.72. The van der Waals surface area contributed by atoms with Gasteiger partial charge in [0.05, 0.1) is 16.3 Å². The molecule has 0 saturated heterocycles. The normalized spacial score (nSPS) is 10.4. The number of benzene rings is 1. The van der Waals surface area contributed by atoms with Gasteiger partial charge in [-0.2, -0.15) is 14.6 Å². The van der Waals surface area contributed by atoms with Crippen molar-refractivity contribution >= 4 is 23.3 Å². The average Bonchev–Trinajstić information content (AvgIpc) is 2.93. The Labute approximate surface area is 131 Å². The molecule has 6 nitrogen and oxygen atoms in total. The van der Waals surface area contributed by atoms with E-state index in [2.05, 4.69) is 14.3 Å². The first-order valence-electron chi connectivity index (χ1n) is 6.45. The summed E-state index contributed by atoms with van der Waals surface area (Å²) in [6, 6.07) is 11.7. The summed E-state index contributed by atoms with van der Waals surface area (Å²) in [4.78, 5) is 9.04. The lowest BCUT2D eigenvalue weighted by atomic mass is 10.0. The third kappa shape index (κ3) is 2.47. The molecule has 0 bridgehead atoms. The van der Waals surface area contributed by atoms with Crippen molar-refractivity contribution in [2.75, 3.05) is 11.5 Å². The van der Waals surface area contributed by atoms with Crippen molar-refractivity contribution in [3.63, 3.8) is 0 Å². The van der Waals surface area contributed by atoms with E-state index in [9.17, 15) is 5.26 Å². The number of nitriles is 1. The maximum Gasteiger partial charge on any atom is 0.222 e. The van der Waals surface area contributed by atoms with Crippen LogP contribution in [0.2, 0.25) is 0 Å². The third-order valence-corrected chi connectivity index (χ3v) is 4.04. The predicted octanol–water partition coefficient (Wildman–Crippen LogP) is 2.61. The molecule has 0 amide bonds. The maximum absolute atomic E-state index is 9.28. The standard InChI is InChI=1S/C15H12N6S/c1-8-5-12(22-21-8)9-3-2-4-10(6-9)13-11(7-16)14(17)20-15(18)19-13/h2-6H,1H3,(H4,17,18,19,20). The number of hydrogen-bond donors (Lipinski definition) is 2. The summed E-state index contributed by atoms with van der Waals surface area (Å²) in [6.07, 6.45) is 0. The number of nitrogen functional groups attached to an aromatic ring is 2. The highest BCUT2D eigenvalue weighted by molar-refractivity contribution is 7.09. The van der Waals surface area contributed by atoms with E-state index in [1.54, 1.807) is 0 Å². The molecule has 0 aliphatic carbocycles. The Bertz CT molecular complexity index is 893. The molecule has 2 aromatic heterocycles. The summed E-state index contributed by atoms with van der Waals surface area (Å²) < 4.78 is 4.28. The molecule has 0 aliphatic heterocycles. The molecular formula is C15H12N6S. The molecule has 0 saturated carbocycles. The van der Waals surface area contributed by atoms with Crippen LogP contribution in [0, 0.1) is 18.3 Å². The molecular weight excluding hydrogens is 296 g/mol. The van der Waals surface area contributed by atoms with Gasteiger partial charge in [-0.1, -0.05) is 18.2 Å². The predicted molar refractivity (Wildman–Crippen MR) is 86.9 cm³/mol. The topological polar surface area (TPSA) is 114 Å². The molecule has 4 N–H and O–H groups in total. The van der Waals surface area contributed by atoms with Crippen molar-refractivity contribution in [3.05, 3.63) is 41.6 Å². The van der Waals surface area contributed by atoms with Crippen molar-refractivity contribution in [3.8, 4) is 27.8 Å². The zero-order chi connectivity index (χ0) is 15.7. The van der Waals surface area contributed by atoms with Gasteiger partial charge >= 0.3 is 0 Å². The summed E-state index contributed by atoms with van der Waals surface area (Å²) in [5.74, 6) is 0.134. The van der Waals surface area contributed by atoms with Gasteiger partial charge in [-0.05, 0) is 36.2 Å². The Hall–Kier alpha value is -2.98. The van der Waals surface area contributed by atoms with Gasteiger partial charge in [0.25, 0.3) is 0 Å². The first kappa shape index (κ1) is 14.0. The van der Waals surface area contributed by atoms with Gasteiger partial charge in [0.15, 0.2) is 0 Å². The lowest BCUT2D eigenvalue weighted by Crippen LogP contribution is -2.04. The van der Waals surface area contributed by atoms with E-state index in [-0.39, 0.29) is 17.3 Å². The number of nitrogens with zero attached hydrogens (tertiary/aromatic N) is 4. The van der Waals surface area contributed by atoms with Crippen LogP contribution in [-0.2, 0) is 0 Å². The minimum Gasteiger partial charge on any atom is -0.382 e. The van der Waals surface area contributed by atoms with Crippen molar-refractivity contribution < 1.29 is 0 Å². The minimum atomic E-state index is 0.0468. The maximum atomic E-state index is 9.28. The molecule has 22 heavy (non-hydrogen) atoms. The molecule has 2 heterocycles. The molecule has 7 heteroatoms. The Morgan fingerprint density at radius 1 is 1.14 bits per heavy atom. The molecule has 3 rings (SSSR count). The Kier molecular flexibility index (Phi) is 3.45. The number of aryl methyl sites for hydroxylation is 1. The fourth-order valence-electron chi connectivity index (χ4n) is 2.13. The Balaban J connectivity index is 2.16. The number of nitrogens with two attached hydrogens (primary N) is 2. The first-order chi connectivity index (χ1) is 10.6. The van der Waals surface area contributed by atoms with Crippen LogP contribution < -0.4 is 11.5 Å². The van der Waals surface area contributed by atoms with Gasteiger partial charge in [0.1, 0.15) is 17.5 Å². The van der Waals surface area contributed by atoms with E-state index in [4.69, 9.17) is 11.5 Å². The lowest BCUT2D eigenvalue weighted by molar-refractivity contribution is 1.18. The highest BCUT2D eigenvalue weighted by atomic mass is 32.1. The van der Waals surface area contributed by atoms with Crippen LogP contribution in [0.5, 0.6) is 0 Å². The summed E-state index contributed by atoms with van der Waals surface area (Å²) in [5.41, 5.74) is 14.8. The van der Waals surface area contributed by atoms with E-state index in [0.29, 0.717) is 5.69 Å². The number of aromatic nitrogens is 3. The molecule has 0 unspecified atom stereocenters. The summed E-state index contributed by atoms with van der Waals surface area (Å²) in [7, 11) is 0. The van der Waals surface area contributed by atoms with Crippen molar-refractivity contribution in [1.82, 2.24) is 14.3 Å². The monoisotopic (exact) mass is 308 g/mol. The molecule has 0 radical (unpaired) electrons. The number of hydrogen-bond acceptors (Lipinski definition) is 7. The van der Waals surface area contributed by atoms with Gasteiger partial charge in [0, 0.05) is 5.56 Å². The van der Waals surface area contributed by atoms with Crippen molar-refractivity contribution in [2.24, 2.45) is 0 Å². The zero-order valence-electron chi connectivity index (χ0n) is 11.7. The van der Waals surface area contributed by atoms with Crippen LogP contribution in [-0.4, -0.2) is 14.3 Å². The van der Waals surface area contributed by atoms with Gasteiger partial charge in [-0.15, -0.1) is 0 Å².